The Hall–Kier alpha value is -3.08. The molecule has 2 aliphatic rings. The van der Waals surface area contributed by atoms with Gasteiger partial charge in [-0.25, -0.2) is 4.79 Å². The number of nitrogens with two attached hydrogens (primary N) is 1. The minimum atomic E-state index is -0.331. The van der Waals surface area contributed by atoms with Gasteiger partial charge in [0.1, 0.15) is 11.4 Å². The van der Waals surface area contributed by atoms with Crippen molar-refractivity contribution >= 4 is 16.8 Å². The Morgan fingerprint density at radius 1 is 1.03 bits per heavy atom. The van der Waals surface area contributed by atoms with Crippen LogP contribution < -0.4 is 10.5 Å². The second-order valence-electron chi connectivity index (χ2n) is 8.32. The summed E-state index contributed by atoms with van der Waals surface area (Å²) in [4.78, 5) is 17.5. The van der Waals surface area contributed by atoms with Gasteiger partial charge in [-0.2, -0.15) is 0 Å². The van der Waals surface area contributed by atoms with Gasteiger partial charge in [-0.3, -0.25) is 4.98 Å². The molecule has 0 atom stereocenters. The molecule has 0 radical (unpaired) electrons. The Morgan fingerprint density at radius 3 is 2.59 bits per heavy atom. The van der Waals surface area contributed by atoms with Crippen LogP contribution in [-0.2, 0) is 6.42 Å². The highest BCUT2D eigenvalue weighted by atomic mass is 16.5. The Balaban J connectivity index is 1.40. The molecular formula is C24H25N3O2. The molecule has 0 saturated carbocycles. The number of aromatic nitrogens is 1. The lowest BCUT2D eigenvalue weighted by atomic mass is 9.82. The van der Waals surface area contributed by atoms with Crippen molar-refractivity contribution in [2.75, 3.05) is 13.1 Å². The van der Waals surface area contributed by atoms with Crippen LogP contribution in [0.3, 0.4) is 0 Å². The molecule has 2 amide bonds. The fourth-order valence-electron chi connectivity index (χ4n) is 4.62. The van der Waals surface area contributed by atoms with Crippen LogP contribution in [0, 0.1) is 6.92 Å². The summed E-state index contributed by atoms with van der Waals surface area (Å²) in [6.45, 7) is 3.37. The first-order chi connectivity index (χ1) is 14.0. The molecule has 0 aliphatic carbocycles. The number of likely N-dealkylation sites (tertiary alicyclic amines) is 1. The molecule has 5 rings (SSSR count). The first-order valence-electron chi connectivity index (χ1n) is 10.2. The van der Waals surface area contributed by atoms with E-state index in [-0.39, 0.29) is 11.6 Å². The lowest BCUT2D eigenvalue weighted by molar-refractivity contribution is -0.00471. The first-order valence-corrected chi connectivity index (χ1v) is 10.2. The average molecular weight is 387 g/mol. The van der Waals surface area contributed by atoms with Gasteiger partial charge in [0.2, 0.25) is 0 Å². The van der Waals surface area contributed by atoms with Gasteiger partial charge in [-0.05, 0) is 66.1 Å². The number of urea groups is 1. The molecule has 1 fully saturated rings. The van der Waals surface area contributed by atoms with E-state index in [0.29, 0.717) is 13.1 Å². The van der Waals surface area contributed by atoms with E-state index < -0.39 is 0 Å². The predicted molar refractivity (Wildman–Crippen MR) is 114 cm³/mol. The molecule has 1 aromatic heterocycles. The van der Waals surface area contributed by atoms with Gasteiger partial charge in [0.25, 0.3) is 0 Å². The molecule has 2 aromatic carbocycles. The van der Waals surface area contributed by atoms with Gasteiger partial charge in [-0.15, -0.1) is 0 Å². The van der Waals surface area contributed by atoms with Crippen molar-refractivity contribution in [3.63, 3.8) is 0 Å². The fourth-order valence-corrected chi connectivity index (χ4v) is 4.62. The van der Waals surface area contributed by atoms with Crippen LogP contribution in [0.4, 0.5) is 4.79 Å². The molecule has 0 bridgehead atoms. The number of aryl methyl sites for hydroxylation is 2. The number of fused-ring (bicyclic) bond motifs is 2. The van der Waals surface area contributed by atoms with Crippen LogP contribution in [-0.4, -0.2) is 34.6 Å². The van der Waals surface area contributed by atoms with E-state index in [0.717, 1.165) is 42.5 Å². The summed E-state index contributed by atoms with van der Waals surface area (Å²) in [5.41, 5.74) is 9.97. The van der Waals surface area contributed by atoms with Gasteiger partial charge in [0, 0.05) is 43.2 Å². The molecular weight excluding hydrogens is 362 g/mol. The second-order valence-corrected chi connectivity index (χ2v) is 8.32. The van der Waals surface area contributed by atoms with E-state index in [1.165, 1.54) is 22.1 Å². The summed E-state index contributed by atoms with van der Waals surface area (Å²) in [5, 5.41) is 2.37. The van der Waals surface area contributed by atoms with E-state index in [9.17, 15) is 4.79 Å². The smallest absolute Gasteiger partial charge is 0.314 e. The van der Waals surface area contributed by atoms with Gasteiger partial charge >= 0.3 is 6.03 Å². The maximum atomic E-state index is 11.4. The molecule has 29 heavy (non-hydrogen) atoms. The molecule has 1 saturated heterocycles. The molecule has 1 spiro atoms. The van der Waals surface area contributed by atoms with E-state index in [1.54, 1.807) is 4.90 Å². The Morgan fingerprint density at radius 2 is 1.79 bits per heavy atom. The number of primary amides is 1. The number of carbonyl (C=O) groups excluding carboxylic acids is 1. The minimum Gasteiger partial charge on any atom is -0.487 e. The Bertz CT molecular complexity index is 1100. The van der Waals surface area contributed by atoms with Gasteiger partial charge in [-0.1, -0.05) is 18.2 Å². The van der Waals surface area contributed by atoms with Crippen LogP contribution in [0.1, 0.15) is 30.5 Å². The maximum absolute atomic E-state index is 11.4. The highest BCUT2D eigenvalue weighted by Gasteiger charge is 2.40. The molecule has 2 aliphatic heterocycles. The van der Waals surface area contributed by atoms with Gasteiger partial charge in [0.15, 0.2) is 0 Å². The largest absolute Gasteiger partial charge is 0.487 e. The number of piperidine rings is 1. The standard InChI is InChI=1S/C24H25N3O2/c1-16-12-21-14-17(2-3-20(21)15-26-16)18-4-5-22-19(13-18)6-7-24(29-22)8-10-27(11-9-24)23(25)28/h2-5,12-15H,6-11H2,1H3,(H2,25,28). The molecule has 3 aromatic rings. The fraction of sp³-hybridized carbons (Fsp3) is 0.333. The number of amides is 2. The van der Waals surface area contributed by atoms with E-state index in [4.69, 9.17) is 10.5 Å². The summed E-state index contributed by atoms with van der Waals surface area (Å²) in [6.07, 6.45) is 5.59. The van der Waals surface area contributed by atoms with Crippen molar-refractivity contribution in [2.24, 2.45) is 5.73 Å². The van der Waals surface area contributed by atoms with Crippen molar-refractivity contribution in [1.82, 2.24) is 9.88 Å². The molecule has 5 nitrogen and oxygen atoms in total. The first kappa shape index (κ1) is 18.0. The summed E-state index contributed by atoms with van der Waals surface area (Å²) >= 11 is 0. The number of nitrogens with zero attached hydrogens (tertiary/aromatic N) is 2. The third kappa shape index (κ3) is 3.31. The second kappa shape index (κ2) is 6.76. The van der Waals surface area contributed by atoms with Crippen LogP contribution in [0.2, 0.25) is 0 Å². The average Bonchev–Trinajstić information content (AvgIpc) is 2.73. The SMILES string of the molecule is Cc1cc2cc(-c3ccc4c(c3)CCC3(CCN(C(N)=O)CC3)O4)ccc2cn1. The van der Waals surface area contributed by atoms with Gasteiger partial charge < -0.3 is 15.4 Å². The number of pyridine rings is 1. The zero-order valence-electron chi connectivity index (χ0n) is 16.6. The number of carbonyl (C=O) groups is 1. The van der Waals surface area contributed by atoms with E-state index in [1.807, 2.05) is 13.1 Å². The molecule has 5 heteroatoms. The number of hydrogen-bond donors (Lipinski definition) is 1. The zero-order valence-corrected chi connectivity index (χ0v) is 16.6. The van der Waals surface area contributed by atoms with Crippen LogP contribution in [0.15, 0.2) is 48.7 Å². The molecule has 3 heterocycles. The molecule has 0 unspecified atom stereocenters. The number of ether oxygens (including phenoxy) is 1. The quantitative estimate of drug-likeness (QED) is 0.671. The number of rotatable bonds is 1. The van der Waals surface area contributed by atoms with Crippen molar-refractivity contribution < 1.29 is 9.53 Å². The summed E-state index contributed by atoms with van der Waals surface area (Å²) in [7, 11) is 0. The van der Waals surface area contributed by atoms with Crippen molar-refractivity contribution in [1.29, 1.82) is 0 Å². The minimum absolute atomic E-state index is 0.159. The third-order valence-electron chi connectivity index (χ3n) is 6.42. The van der Waals surface area contributed by atoms with Crippen molar-refractivity contribution in [3.8, 4) is 16.9 Å². The van der Waals surface area contributed by atoms with Crippen molar-refractivity contribution in [2.45, 2.75) is 38.2 Å². The summed E-state index contributed by atoms with van der Waals surface area (Å²) in [5.74, 6) is 0.980. The number of benzene rings is 2. The monoisotopic (exact) mass is 387 g/mol. The van der Waals surface area contributed by atoms with Crippen LogP contribution in [0.5, 0.6) is 5.75 Å². The lowest BCUT2D eigenvalue weighted by Crippen LogP contribution is -2.52. The van der Waals surface area contributed by atoms with Crippen LogP contribution in [0.25, 0.3) is 21.9 Å². The zero-order chi connectivity index (χ0) is 20.0. The topological polar surface area (TPSA) is 68.5 Å². The van der Waals surface area contributed by atoms with E-state index in [2.05, 4.69) is 47.4 Å². The predicted octanol–water partition coefficient (Wildman–Crippen LogP) is 4.45. The highest BCUT2D eigenvalue weighted by Crippen LogP contribution is 2.41. The summed E-state index contributed by atoms with van der Waals surface area (Å²) < 4.78 is 6.48. The highest BCUT2D eigenvalue weighted by molar-refractivity contribution is 5.87. The molecule has 2 N–H and O–H groups in total. The van der Waals surface area contributed by atoms with Crippen LogP contribution >= 0.6 is 0 Å². The maximum Gasteiger partial charge on any atom is 0.314 e. The Labute approximate surface area is 170 Å². The lowest BCUT2D eigenvalue weighted by Gasteiger charge is -2.44. The Kier molecular flexibility index (Phi) is 4.19. The normalized spacial score (nSPS) is 17.8. The van der Waals surface area contributed by atoms with E-state index >= 15 is 0 Å². The third-order valence-corrected chi connectivity index (χ3v) is 6.42. The summed E-state index contributed by atoms with van der Waals surface area (Å²) in [6, 6.07) is 14.8. The molecule has 148 valence electrons. The number of hydrogen-bond acceptors (Lipinski definition) is 3. The van der Waals surface area contributed by atoms with Gasteiger partial charge in [0.05, 0.1) is 0 Å². The van der Waals surface area contributed by atoms with Crippen molar-refractivity contribution in [3.05, 3.63) is 59.9 Å².